The average Bonchev–Trinajstić information content (AvgIpc) is 2.48. The highest BCUT2D eigenvalue weighted by Gasteiger charge is 2.07. The van der Waals surface area contributed by atoms with E-state index in [2.05, 4.69) is 9.97 Å². The Hall–Kier alpha value is -2.62. The molecule has 0 saturated heterocycles. The minimum atomic E-state index is -0.187. The summed E-state index contributed by atoms with van der Waals surface area (Å²) >= 11 is 0. The van der Waals surface area contributed by atoms with Crippen LogP contribution < -0.4 is 10.3 Å². The Labute approximate surface area is 116 Å². The third-order valence-corrected chi connectivity index (χ3v) is 3.04. The van der Waals surface area contributed by atoms with E-state index in [0.717, 1.165) is 22.3 Å². The summed E-state index contributed by atoms with van der Waals surface area (Å²) in [5.74, 6) is 0.786. The van der Waals surface area contributed by atoms with Crippen molar-refractivity contribution in [2.75, 3.05) is 6.61 Å². The van der Waals surface area contributed by atoms with Crippen LogP contribution in [0.4, 0.5) is 0 Å². The second-order valence-electron chi connectivity index (χ2n) is 4.39. The molecular formula is C16H14N2O2. The van der Waals surface area contributed by atoms with Gasteiger partial charge in [0.1, 0.15) is 11.4 Å². The van der Waals surface area contributed by atoms with E-state index in [0.29, 0.717) is 12.3 Å². The van der Waals surface area contributed by atoms with E-state index in [1.807, 2.05) is 55.5 Å². The number of fused-ring (bicyclic) bond motifs is 1. The molecule has 1 N–H and O–H groups in total. The fourth-order valence-electron chi connectivity index (χ4n) is 2.10. The summed E-state index contributed by atoms with van der Waals surface area (Å²) in [6.45, 7) is 2.55. The Bertz CT molecular complexity index is 791. The Morgan fingerprint density at radius 1 is 1.10 bits per heavy atom. The lowest BCUT2D eigenvalue weighted by Gasteiger charge is -2.05. The number of rotatable bonds is 3. The van der Waals surface area contributed by atoms with Crippen molar-refractivity contribution < 1.29 is 4.74 Å². The van der Waals surface area contributed by atoms with Gasteiger partial charge in [-0.25, -0.2) is 4.98 Å². The van der Waals surface area contributed by atoms with E-state index in [1.165, 1.54) is 0 Å². The molecule has 0 aliphatic carbocycles. The third-order valence-electron chi connectivity index (χ3n) is 3.04. The molecule has 4 heteroatoms. The van der Waals surface area contributed by atoms with Crippen molar-refractivity contribution in [1.29, 1.82) is 0 Å². The van der Waals surface area contributed by atoms with Crippen molar-refractivity contribution in [3.63, 3.8) is 0 Å². The van der Waals surface area contributed by atoms with Crippen molar-refractivity contribution in [3.05, 3.63) is 58.9 Å². The van der Waals surface area contributed by atoms with E-state index in [4.69, 9.17) is 4.74 Å². The lowest BCUT2D eigenvalue weighted by atomic mass is 10.1. The fraction of sp³-hybridized carbons (Fsp3) is 0.125. The topological polar surface area (TPSA) is 55.0 Å². The molecule has 100 valence electrons. The Morgan fingerprint density at radius 2 is 1.85 bits per heavy atom. The molecule has 1 aromatic heterocycles. The maximum atomic E-state index is 12.1. The van der Waals surface area contributed by atoms with Gasteiger partial charge in [0.15, 0.2) is 0 Å². The molecule has 4 nitrogen and oxygen atoms in total. The van der Waals surface area contributed by atoms with E-state index in [-0.39, 0.29) is 5.56 Å². The zero-order chi connectivity index (χ0) is 13.9. The van der Waals surface area contributed by atoms with Crippen LogP contribution in [-0.4, -0.2) is 16.6 Å². The zero-order valence-corrected chi connectivity index (χ0v) is 11.1. The number of hydrogen-bond acceptors (Lipinski definition) is 3. The minimum absolute atomic E-state index is 0.187. The number of ether oxygens (including phenoxy) is 1. The molecule has 0 atom stereocenters. The number of aromatic nitrogens is 2. The van der Waals surface area contributed by atoms with Gasteiger partial charge in [-0.2, -0.15) is 0 Å². The van der Waals surface area contributed by atoms with Crippen LogP contribution in [0.5, 0.6) is 5.75 Å². The quantitative estimate of drug-likeness (QED) is 0.793. The van der Waals surface area contributed by atoms with Crippen LogP contribution in [0.15, 0.2) is 53.3 Å². The molecule has 0 fully saturated rings. The maximum Gasteiger partial charge on any atom is 0.274 e. The van der Waals surface area contributed by atoms with Gasteiger partial charge >= 0.3 is 0 Å². The average molecular weight is 266 g/mol. The van der Waals surface area contributed by atoms with Crippen molar-refractivity contribution in [1.82, 2.24) is 9.97 Å². The molecule has 2 aromatic carbocycles. The molecule has 0 aliphatic rings. The highest BCUT2D eigenvalue weighted by Crippen LogP contribution is 2.19. The van der Waals surface area contributed by atoms with Crippen molar-refractivity contribution >= 4 is 11.0 Å². The number of para-hydroxylation sites is 2. The highest BCUT2D eigenvalue weighted by molar-refractivity contribution is 5.76. The molecule has 0 aliphatic heterocycles. The number of H-pyrrole nitrogens is 1. The van der Waals surface area contributed by atoms with Gasteiger partial charge in [-0.15, -0.1) is 0 Å². The van der Waals surface area contributed by atoms with Crippen molar-refractivity contribution in [3.8, 4) is 17.0 Å². The van der Waals surface area contributed by atoms with E-state index >= 15 is 0 Å². The van der Waals surface area contributed by atoms with Crippen LogP contribution in [0.3, 0.4) is 0 Å². The van der Waals surface area contributed by atoms with E-state index in [1.54, 1.807) is 0 Å². The SMILES string of the molecule is CCOc1ccc(-c2nc3ccccc3[nH]c2=O)cc1. The van der Waals surface area contributed by atoms with Crippen LogP contribution in [0, 0.1) is 0 Å². The van der Waals surface area contributed by atoms with Gasteiger partial charge in [0, 0.05) is 5.56 Å². The molecule has 3 aromatic rings. The van der Waals surface area contributed by atoms with Gasteiger partial charge in [0.2, 0.25) is 0 Å². The normalized spacial score (nSPS) is 10.7. The minimum Gasteiger partial charge on any atom is -0.494 e. The summed E-state index contributed by atoms with van der Waals surface area (Å²) < 4.78 is 5.39. The van der Waals surface area contributed by atoms with Gasteiger partial charge in [-0.3, -0.25) is 4.79 Å². The predicted octanol–water partition coefficient (Wildman–Crippen LogP) is 2.99. The standard InChI is InChI=1S/C16H14N2O2/c1-2-20-12-9-7-11(8-10-12)15-16(19)18-14-6-4-3-5-13(14)17-15/h3-10H,2H2,1H3,(H,18,19). The molecule has 0 radical (unpaired) electrons. The lowest BCUT2D eigenvalue weighted by molar-refractivity contribution is 0.340. The van der Waals surface area contributed by atoms with Crippen LogP contribution >= 0.6 is 0 Å². The van der Waals surface area contributed by atoms with Gasteiger partial charge < -0.3 is 9.72 Å². The number of aromatic amines is 1. The monoisotopic (exact) mass is 266 g/mol. The molecule has 0 unspecified atom stereocenters. The van der Waals surface area contributed by atoms with Crippen LogP contribution in [0.1, 0.15) is 6.92 Å². The lowest BCUT2D eigenvalue weighted by Crippen LogP contribution is -2.11. The molecular weight excluding hydrogens is 252 g/mol. The Morgan fingerprint density at radius 3 is 2.60 bits per heavy atom. The van der Waals surface area contributed by atoms with Gasteiger partial charge in [0.25, 0.3) is 5.56 Å². The van der Waals surface area contributed by atoms with Crippen LogP contribution in [0.2, 0.25) is 0 Å². The first kappa shape index (κ1) is 12.4. The Kier molecular flexibility index (Phi) is 3.21. The molecule has 1 heterocycles. The summed E-state index contributed by atoms with van der Waals surface area (Å²) in [7, 11) is 0. The molecule has 0 saturated carbocycles. The second-order valence-corrected chi connectivity index (χ2v) is 4.39. The zero-order valence-electron chi connectivity index (χ0n) is 11.1. The summed E-state index contributed by atoms with van der Waals surface area (Å²) in [6.07, 6.45) is 0. The molecule has 0 bridgehead atoms. The number of nitrogens with one attached hydrogen (secondary N) is 1. The third kappa shape index (κ3) is 2.28. The van der Waals surface area contributed by atoms with E-state index < -0.39 is 0 Å². The first-order chi connectivity index (χ1) is 9.78. The van der Waals surface area contributed by atoms with Crippen molar-refractivity contribution in [2.45, 2.75) is 6.92 Å². The summed E-state index contributed by atoms with van der Waals surface area (Å²) in [5.41, 5.74) is 2.53. The number of benzene rings is 2. The Balaban J connectivity index is 2.09. The highest BCUT2D eigenvalue weighted by atomic mass is 16.5. The number of nitrogens with zero attached hydrogens (tertiary/aromatic N) is 1. The van der Waals surface area contributed by atoms with E-state index in [9.17, 15) is 4.79 Å². The van der Waals surface area contributed by atoms with Crippen molar-refractivity contribution in [2.24, 2.45) is 0 Å². The second kappa shape index (κ2) is 5.17. The maximum absolute atomic E-state index is 12.1. The largest absolute Gasteiger partial charge is 0.494 e. The van der Waals surface area contributed by atoms with Gasteiger partial charge in [0.05, 0.1) is 17.6 Å². The van der Waals surface area contributed by atoms with Gasteiger partial charge in [-0.05, 0) is 43.3 Å². The number of hydrogen-bond donors (Lipinski definition) is 1. The predicted molar refractivity (Wildman–Crippen MR) is 79.0 cm³/mol. The summed E-state index contributed by atoms with van der Waals surface area (Å²) in [4.78, 5) is 19.4. The molecule has 0 amide bonds. The summed E-state index contributed by atoms with van der Waals surface area (Å²) in [5, 5.41) is 0. The first-order valence-electron chi connectivity index (χ1n) is 6.50. The molecule has 3 rings (SSSR count). The molecule has 20 heavy (non-hydrogen) atoms. The van der Waals surface area contributed by atoms with Crippen LogP contribution in [-0.2, 0) is 0 Å². The van der Waals surface area contributed by atoms with Crippen LogP contribution in [0.25, 0.3) is 22.3 Å². The fourth-order valence-corrected chi connectivity index (χ4v) is 2.10. The molecule has 0 spiro atoms. The summed E-state index contributed by atoms with van der Waals surface area (Å²) in [6, 6.07) is 14.9. The smallest absolute Gasteiger partial charge is 0.274 e. The van der Waals surface area contributed by atoms with Gasteiger partial charge in [-0.1, -0.05) is 12.1 Å². The first-order valence-corrected chi connectivity index (χ1v) is 6.50.